The minimum atomic E-state index is -0.964. The average Bonchev–Trinajstić information content (AvgIpc) is 2.74. The van der Waals surface area contributed by atoms with Gasteiger partial charge < -0.3 is 19.5 Å². The van der Waals surface area contributed by atoms with Crippen LogP contribution in [-0.2, 0) is 14.3 Å². The predicted molar refractivity (Wildman–Crippen MR) is 121 cm³/mol. The van der Waals surface area contributed by atoms with Crippen molar-refractivity contribution in [2.75, 3.05) is 20.8 Å². The van der Waals surface area contributed by atoms with Crippen LogP contribution in [0.5, 0.6) is 11.5 Å². The standard InChI is InChI=1S/C24H30N2O7/c1-7-8-33-23(28)20-13(2)25-15-11-24(3,4)12-17(27)22(15)21(20)14-9-18(31-5)19(32-6)10-16(14)26(29)30/h9-10,21,25H,7-8,11-12H2,1-6H3. The van der Waals surface area contributed by atoms with Crippen molar-refractivity contribution >= 4 is 17.4 Å². The van der Waals surface area contributed by atoms with Crippen molar-refractivity contribution in [2.45, 2.75) is 52.9 Å². The minimum Gasteiger partial charge on any atom is -0.493 e. The van der Waals surface area contributed by atoms with Gasteiger partial charge in [-0.1, -0.05) is 20.8 Å². The van der Waals surface area contributed by atoms with E-state index in [1.54, 1.807) is 6.92 Å². The highest BCUT2D eigenvalue weighted by atomic mass is 16.6. The zero-order chi connectivity index (χ0) is 24.5. The van der Waals surface area contributed by atoms with Crippen molar-refractivity contribution < 1.29 is 28.7 Å². The summed E-state index contributed by atoms with van der Waals surface area (Å²) in [4.78, 5) is 38.0. The monoisotopic (exact) mass is 458 g/mol. The van der Waals surface area contributed by atoms with Crippen LogP contribution in [0.4, 0.5) is 5.69 Å². The van der Waals surface area contributed by atoms with Gasteiger partial charge in [0.15, 0.2) is 17.3 Å². The first kappa shape index (κ1) is 24.3. The molecule has 0 radical (unpaired) electrons. The second-order valence-electron chi connectivity index (χ2n) is 9.09. The number of Topliss-reactive ketones (excluding diaryl/α,β-unsaturated/α-hetero) is 1. The van der Waals surface area contributed by atoms with Crippen molar-refractivity contribution in [3.63, 3.8) is 0 Å². The summed E-state index contributed by atoms with van der Waals surface area (Å²) < 4.78 is 16.1. The number of esters is 1. The van der Waals surface area contributed by atoms with Gasteiger partial charge in [0, 0.05) is 29.0 Å². The molecule has 1 aliphatic carbocycles. The van der Waals surface area contributed by atoms with Crippen molar-refractivity contribution in [3.05, 3.63) is 50.4 Å². The van der Waals surface area contributed by atoms with Gasteiger partial charge in [-0.3, -0.25) is 14.9 Å². The molecule has 9 nitrogen and oxygen atoms in total. The second kappa shape index (κ2) is 9.25. The van der Waals surface area contributed by atoms with Gasteiger partial charge in [0.05, 0.1) is 43.3 Å². The Morgan fingerprint density at radius 3 is 2.42 bits per heavy atom. The summed E-state index contributed by atoms with van der Waals surface area (Å²) in [5, 5.41) is 15.3. The third-order valence-corrected chi connectivity index (χ3v) is 5.94. The highest BCUT2D eigenvalue weighted by Gasteiger charge is 2.45. The van der Waals surface area contributed by atoms with E-state index in [-0.39, 0.29) is 52.5 Å². The molecule has 0 bridgehead atoms. The van der Waals surface area contributed by atoms with E-state index in [4.69, 9.17) is 14.2 Å². The lowest BCUT2D eigenvalue weighted by molar-refractivity contribution is -0.385. The Balaban J connectivity index is 2.32. The zero-order valence-electron chi connectivity index (χ0n) is 19.9. The van der Waals surface area contributed by atoms with E-state index in [1.807, 2.05) is 20.8 Å². The number of benzene rings is 1. The summed E-state index contributed by atoms with van der Waals surface area (Å²) >= 11 is 0. The molecule has 33 heavy (non-hydrogen) atoms. The number of nitrogens with one attached hydrogen (secondary N) is 1. The van der Waals surface area contributed by atoms with Crippen LogP contribution in [0.1, 0.15) is 58.4 Å². The first-order chi connectivity index (χ1) is 15.5. The van der Waals surface area contributed by atoms with E-state index in [0.29, 0.717) is 29.8 Å². The molecule has 1 atom stereocenters. The lowest BCUT2D eigenvalue weighted by atomic mass is 9.68. The molecule has 0 aromatic heterocycles. The number of ketones is 1. The van der Waals surface area contributed by atoms with E-state index in [9.17, 15) is 19.7 Å². The number of hydrogen-bond donors (Lipinski definition) is 1. The van der Waals surface area contributed by atoms with Crippen molar-refractivity contribution in [3.8, 4) is 11.5 Å². The summed E-state index contributed by atoms with van der Waals surface area (Å²) in [6.07, 6.45) is 1.45. The van der Waals surface area contributed by atoms with Crippen molar-refractivity contribution in [1.82, 2.24) is 5.32 Å². The highest BCUT2D eigenvalue weighted by molar-refractivity contribution is 6.04. The Kier molecular flexibility index (Phi) is 6.81. The lowest BCUT2D eigenvalue weighted by Gasteiger charge is -2.39. The molecule has 1 heterocycles. The smallest absolute Gasteiger partial charge is 0.336 e. The number of ether oxygens (including phenoxy) is 3. The summed E-state index contributed by atoms with van der Waals surface area (Å²) in [6, 6.07) is 2.74. The molecule has 3 rings (SSSR count). The van der Waals surface area contributed by atoms with E-state index < -0.39 is 16.8 Å². The van der Waals surface area contributed by atoms with Gasteiger partial charge in [0.2, 0.25) is 0 Å². The van der Waals surface area contributed by atoms with Crippen molar-refractivity contribution in [2.24, 2.45) is 5.41 Å². The van der Waals surface area contributed by atoms with Gasteiger partial charge in [0.1, 0.15) is 0 Å². The van der Waals surface area contributed by atoms with Crippen LogP contribution in [0.25, 0.3) is 0 Å². The van der Waals surface area contributed by atoms with Crippen LogP contribution < -0.4 is 14.8 Å². The molecular formula is C24H30N2O7. The number of nitro groups is 1. The average molecular weight is 459 g/mol. The normalized spacial score (nSPS) is 19.6. The van der Waals surface area contributed by atoms with Crippen LogP contribution in [0.2, 0.25) is 0 Å². The lowest BCUT2D eigenvalue weighted by Crippen LogP contribution is -2.39. The third-order valence-electron chi connectivity index (χ3n) is 5.94. The molecule has 1 aromatic rings. The van der Waals surface area contributed by atoms with Crippen LogP contribution in [0.3, 0.4) is 0 Å². The van der Waals surface area contributed by atoms with Gasteiger partial charge in [0.25, 0.3) is 5.69 Å². The van der Waals surface area contributed by atoms with Crippen LogP contribution >= 0.6 is 0 Å². The van der Waals surface area contributed by atoms with Gasteiger partial charge in [-0.05, 0) is 31.2 Å². The summed E-state index contributed by atoms with van der Waals surface area (Å²) in [5.74, 6) is -1.28. The zero-order valence-corrected chi connectivity index (χ0v) is 19.9. The first-order valence-electron chi connectivity index (χ1n) is 10.9. The van der Waals surface area contributed by atoms with Gasteiger partial charge >= 0.3 is 5.97 Å². The first-order valence-corrected chi connectivity index (χ1v) is 10.9. The second-order valence-corrected chi connectivity index (χ2v) is 9.09. The number of nitrogens with zero attached hydrogens (tertiary/aromatic N) is 1. The fraction of sp³-hybridized carbons (Fsp3) is 0.500. The molecule has 1 unspecified atom stereocenters. The highest BCUT2D eigenvalue weighted by Crippen LogP contribution is 2.50. The molecule has 0 saturated heterocycles. The fourth-order valence-electron chi connectivity index (χ4n) is 4.56. The third kappa shape index (κ3) is 4.58. The number of nitro benzene ring substituents is 1. The SMILES string of the molecule is CCCOC(=O)C1=C(C)NC2=C(C(=O)CC(C)(C)C2)C1c1cc(OC)c(OC)cc1[N+](=O)[O-]. The topological polar surface area (TPSA) is 117 Å². The Morgan fingerprint density at radius 2 is 1.85 bits per heavy atom. The minimum absolute atomic E-state index is 0.156. The molecule has 0 fully saturated rings. The van der Waals surface area contributed by atoms with Gasteiger partial charge in [-0.2, -0.15) is 0 Å². The van der Waals surface area contributed by atoms with Crippen LogP contribution in [0, 0.1) is 15.5 Å². The van der Waals surface area contributed by atoms with Gasteiger partial charge in [-0.25, -0.2) is 4.79 Å². The van der Waals surface area contributed by atoms with E-state index in [1.165, 1.54) is 26.4 Å². The summed E-state index contributed by atoms with van der Waals surface area (Å²) in [5.41, 5.74) is 1.37. The molecule has 2 aliphatic rings. The molecule has 1 aliphatic heterocycles. The number of hydrogen-bond acceptors (Lipinski definition) is 8. The Hall–Kier alpha value is -3.36. The molecule has 1 aromatic carbocycles. The summed E-state index contributed by atoms with van der Waals surface area (Å²) in [6.45, 7) is 7.78. The van der Waals surface area contributed by atoms with E-state index >= 15 is 0 Å². The Morgan fingerprint density at radius 1 is 1.21 bits per heavy atom. The van der Waals surface area contributed by atoms with E-state index in [0.717, 1.165) is 0 Å². The number of carbonyl (C=O) groups excluding carboxylic acids is 2. The molecule has 1 N–H and O–H groups in total. The number of rotatable bonds is 7. The maximum Gasteiger partial charge on any atom is 0.336 e. The van der Waals surface area contributed by atoms with Crippen LogP contribution in [-0.4, -0.2) is 37.5 Å². The van der Waals surface area contributed by atoms with E-state index in [2.05, 4.69) is 5.32 Å². The maximum atomic E-state index is 13.4. The molecule has 9 heteroatoms. The molecule has 178 valence electrons. The maximum absolute atomic E-state index is 13.4. The number of allylic oxidation sites excluding steroid dienone is 3. The molecule has 0 amide bonds. The molecule has 0 saturated carbocycles. The fourth-order valence-corrected chi connectivity index (χ4v) is 4.56. The summed E-state index contributed by atoms with van der Waals surface area (Å²) in [7, 11) is 2.81. The Bertz CT molecular complexity index is 1070. The van der Waals surface area contributed by atoms with Crippen LogP contribution in [0.15, 0.2) is 34.7 Å². The number of carbonyl (C=O) groups is 2. The number of methoxy groups -OCH3 is 2. The molecular weight excluding hydrogens is 428 g/mol. The molecule has 0 spiro atoms. The largest absolute Gasteiger partial charge is 0.493 e. The van der Waals surface area contributed by atoms with Crippen molar-refractivity contribution in [1.29, 1.82) is 0 Å². The number of dihydropyridines is 1. The quantitative estimate of drug-likeness (QED) is 0.368. The predicted octanol–water partition coefficient (Wildman–Crippen LogP) is 4.17. The Labute approximate surface area is 192 Å². The van der Waals surface area contributed by atoms with Gasteiger partial charge in [-0.15, -0.1) is 0 Å².